The molecule has 0 aliphatic heterocycles. The molecule has 2 nitrogen and oxygen atoms in total. The minimum absolute atomic E-state index is 0.395. The van der Waals surface area contributed by atoms with Crippen LogP contribution in [-0.4, -0.2) is 0 Å². The van der Waals surface area contributed by atoms with Crippen molar-refractivity contribution in [2.75, 3.05) is 0 Å². The maximum atomic E-state index is 12.7. The van der Waals surface area contributed by atoms with E-state index in [1.807, 2.05) is 48.5 Å². The van der Waals surface area contributed by atoms with E-state index in [-0.39, 0.29) is 0 Å². The van der Waals surface area contributed by atoms with E-state index < -0.39 is 10.9 Å². The topological polar surface area (TPSA) is 34.1 Å². The van der Waals surface area contributed by atoms with Gasteiger partial charge in [-0.25, -0.2) is 0 Å². The van der Waals surface area contributed by atoms with E-state index in [9.17, 15) is 9.59 Å². The standard InChI is InChI=1S/C20H10O2/c21-19-15-7-3-5-11-8-9-13-10-12-4-1-2-6-14(12)18(20(19)22)17(13)16(11)15/h1-10H. The Morgan fingerprint density at radius 2 is 1.23 bits per heavy atom. The molecule has 5 aromatic rings. The molecule has 22 heavy (non-hydrogen) atoms. The van der Waals surface area contributed by atoms with Crippen LogP contribution in [0, 0.1) is 0 Å². The van der Waals surface area contributed by atoms with Crippen molar-refractivity contribution in [1.29, 1.82) is 0 Å². The Morgan fingerprint density at radius 3 is 2.14 bits per heavy atom. The molecule has 0 atom stereocenters. The molecule has 5 aromatic carbocycles. The minimum atomic E-state index is -0.401. The zero-order valence-corrected chi connectivity index (χ0v) is 11.6. The summed E-state index contributed by atoms with van der Waals surface area (Å²) >= 11 is 0. The second-order valence-electron chi connectivity index (χ2n) is 5.70. The van der Waals surface area contributed by atoms with Crippen LogP contribution in [0.2, 0.25) is 0 Å². The fourth-order valence-electron chi connectivity index (χ4n) is 3.60. The molecule has 0 bridgehead atoms. The van der Waals surface area contributed by atoms with Crippen molar-refractivity contribution in [3.63, 3.8) is 0 Å². The first-order valence-corrected chi connectivity index (χ1v) is 7.22. The highest BCUT2D eigenvalue weighted by atomic mass is 16.2. The van der Waals surface area contributed by atoms with Crippen LogP contribution in [0.3, 0.4) is 0 Å². The average molecular weight is 282 g/mol. The third-order valence-electron chi connectivity index (χ3n) is 4.55. The number of fused-ring (bicyclic) bond motifs is 2. The average Bonchev–Trinajstić information content (AvgIpc) is 2.56. The van der Waals surface area contributed by atoms with Crippen LogP contribution in [0.15, 0.2) is 70.3 Å². The lowest BCUT2D eigenvalue weighted by Crippen LogP contribution is -2.24. The molecule has 0 radical (unpaired) electrons. The van der Waals surface area contributed by atoms with E-state index in [4.69, 9.17) is 0 Å². The third-order valence-corrected chi connectivity index (χ3v) is 4.55. The number of hydrogen-bond donors (Lipinski definition) is 0. The first kappa shape index (κ1) is 11.6. The van der Waals surface area contributed by atoms with E-state index in [0.29, 0.717) is 10.8 Å². The van der Waals surface area contributed by atoms with Gasteiger partial charge in [0.05, 0.1) is 0 Å². The highest BCUT2D eigenvalue weighted by molar-refractivity contribution is 6.28. The lowest BCUT2D eigenvalue weighted by atomic mass is 9.90. The van der Waals surface area contributed by atoms with Crippen LogP contribution in [0.4, 0.5) is 0 Å². The van der Waals surface area contributed by atoms with Gasteiger partial charge in [-0.3, -0.25) is 9.59 Å². The Balaban J connectivity index is 2.34. The number of benzene rings is 5. The summed E-state index contributed by atoms with van der Waals surface area (Å²) in [7, 11) is 0. The fourth-order valence-corrected chi connectivity index (χ4v) is 3.60. The Labute approximate surface area is 124 Å². The van der Waals surface area contributed by atoms with Crippen molar-refractivity contribution in [2.24, 2.45) is 0 Å². The molecule has 0 aliphatic rings. The van der Waals surface area contributed by atoms with Gasteiger partial charge in [0.2, 0.25) is 10.9 Å². The van der Waals surface area contributed by atoms with Crippen LogP contribution >= 0.6 is 0 Å². The monoisotopic (exact) mass is 282 g/mol. The second-order valence-corrected chi connectivity index (χ2v) is 5.70. The van der Waals surface area contributed by atoms with Crippen molar-refractivity contribution in [2.45, 2.75) is 0 Å². The van der Waals surface area contributed by atoms with Gasteiger partial charge in [-0.15, -0.1) is 0 Å². The molecular formula is C20H10O2. The van der Waals surface area contributed by atoms with Gasteiger partial charge in [-0.2, -0.15) is 0 Å². The van der Waals surface area contributed by atoms with Gasteiger partial charge >= 0.3 is 0 Å². The molecule has 0 amide bonds. The van der Waals surface area contributed by atoms with Crippen LogP contribution in [0.25, 0.3) is 43.1 Å². The highest BCUT2D eigenvalue weighted by Crippen LogP contribution is 2.35. The highest BCUT2D eigenvalue weighted by Gasteiger charge is 2.16. The van der Waals surface area contributed by atoms with Gasteiger partial charge in [0, 0.05) is 21.5 Å². The van der Waals surface area contributed by atoms with Gasteiger partial charge in [0.1, 0.15) is 0 Å². The van der Waals surface area contributed by atoms with E-state index >= 15 is 0 Å². The molecule has 0 saturated heterocycles. The molecule has 0 fully saturated rings. The molecular weight excluding hydrogens is 272 g/mol. The maximum Gasteiger partial charge on any atom is 0.234 e. The minimum Gasteiger partial charge on any atom is -0.285 e. The molecule has 0 saturated carbocycles. The lowest BCUT2D eigenvalue weighted by molar-refractivity contribution is 1.61. The predicted molar refractivity (Wildman–Crippen MR) is 91.4 cm³/mol. The maximum absolute atomic E-state index is 12.7. The van der Waals surface area contributed by atoms with E-state index in [1.165, 1.54) is 0 Å². The van der Waals surface area contributed by atoms with E-state index in [0.717, 1.165) is 32.3 Å². The SMILES string of the molecule is O=c1c(=O)c2c3ccccc3cc3ccc4cccc1c4c32. The molecule has 0 aromatic heterocycles. The Hall–Kier alpha value is -3.00. The summed E-state index contributed by atoms with van der Waals surface area (Å²) in [5.74, 6) is 0. The molecule has 0 N–H and O–H groups in total. The van der Waals surface area contributed by atoms with Gasteiger partial charge in [0.15, 0.2) is 0 Å². The molecule has 0 unspecified atom stereocenters. The van der Waals surface area contributed by atoms with Crippen LogP contribution in [0.1, 0.15) is 0 Å². The van der Waals surface area contributed by atoms with Gasteiger partial charge < -0.3 is 0 Å². The lowest BCUT2D eigenvalue weighted by Gasteiger charge is -2.11. The van der Waals surface area contributed by atoms with Gasteiger partial charge in [0.25, 0.3) is 0 Å². The summed E-state index contributed by atoms with van der Waals surface area (Å²) in [4.78, 5) is 25.2. The molecule has 102 valence electrons. The predicted octanol–water partition coefficient (Wildman–Crippen LogP) is 3.90. The van der Waals surface area contributed by atoms with Crippen LogP contribution < -0.4 is 10.9 Å². The van der Waals surface area contributed by atoms with Crippen LogP contribution in [-0.2, 0) is 0 Å². The van der Waals surface area contributed by atoms with Crippen molar-refractivity contribution < 1.29 is 0 Å². The smallest absolute Gasteiger partial charge is 0.234 e. The molecule has 0 aliphatic carbocycles. The first-order valence-electron chi connectivity index (χ1n) is 7.22. The zero-order valence-electron chi connectivity index (χ0n) is 11.6. The van der Waals surface area contributed by atoms with Crippen molar-refractivity contribution in [1.82, 2.24) is 0 Å². The molecule has 5 rings (SSSR count). The quantitative estimate of drug-likeness (QED) is 0.245. The summed E-state index contributed by atoms with van der Waals surface area (Å²) < 4.78 is 0. The Bertz CT molecular complexity index is 1300. The normalized spacial score (nSPS) is 12.0. The fraction of sp³-hybridized carbons (Fsp3) is 0. The van der Waals surface area contributed by atoms with Crippen molar-refractivity contribution in [3.05, 3.63) is 81.1 Å². The zero-order chi connectivity index (χ0) is 14.8. The summed E-state index contributed by atoms with van der Waals surface area (Å²) in [6.45, 7) is 0. The van der Waals surface area contributed by atoms with Crippen LogP contribution in [0.5, 0.6) is 0 Å². The second kappa shape index (κ2) is 3.80. The summed E-state index contributed by atoms with van der Waals surface area (Å²) in [5.41, 5.74) is -0.796. The molecule has 0 spiro atoms. The van der Waals surface area contributed by atoms with Gasteiger partial charge in [-0.1, -0.05) is 54.6 Å². The summed E-state index contributed by atoms with van der Waals surface area (Å²) in [6.07, 6.45) is 0. The van der Waals surface area contributed by atoms with Gasteiger partial charge in [-0.05, 0) is 27.6 Å². The summed E-state index contributed by atoms with van der Waals surface area (Å²) in [5, 5.41) is 6.76. The van der Waals surface area contributed by atoms with Crippen molar-refractivity contribution in [3.8, 4) is 0 Å². The van der Waals surface area contributed by atoms with Crippen molar-refractivity contribution >= 4 is 43.1 Å². The van der Waals surface area contributed by atoms with E-state index in [2.05, 4.69) is 6.07 Å². The number of hydrogen-bond acceptors (Lipinski definition) is 2. The molecule has 2 heteroatoms. The third kappa shape index (κ3) is 1.25. The summed E-state index contributed by atoms with van der Waals surface area (Å²) in [6, 6.07) is 19.5. The Kier molecular flexibility index (Phi) is 2.01. The Morgan fingerprint density at radius 1 is 0.500 bits per heavy atom. The van der Waals surface area contributed by atoms with E-state index in [1.54, 1.807) is 6.07 Å². The molecule has 0 heterocycles. The largest absolute Gasteiger partial charge is 0.285 e. The first-order chi connectivity index (χ1) is 10.8. The number of rotatable bonds is 0.